The summed E-state index contributed by atoms with van der Waals surface area (Å²) in [4.78, 5) is 28.2. The zero-order chi connectivity index (χ0) is 18.4. The Morgan fingerprint density at radius 1 is 1.35 bits per heavy atom. The van der Waals surface area contributed by atoms with Crippen molar-refractivity contribution in [3.8, 4) is 0 Å². The van der Waals surface area contributed by atoms with Gasteiger partial charge in [-0.15, -0.1) is 0 Å². The van der Waals surface area contributed by atoms with Gasteiger partial charge in [-0.25, -0.2) is 0 Å². The van der Waals surface area contributed by atoms with E-state index in [9.17, 15) is 9.59 Å². The van der Waals surface area contributed by atoms with Gasteiger partial charge in [0.15, 0.2) is 0 Å². The minimum absolute atomic E-state index is 0.00948. The molecule has 0 N–H and O–H groups in total. The maximum Gasteiger partial charge on any atom is 0.311 e. The fourth-order valence-corrected chi connectivity index (χ4v) is 3.60. The zero-order valence-corrected chi connectivity index (χ0v) is 15.4. The highest BCUT2D eigenvalue weighted by Crippen LogP contribution is 2.22. The van der Waals surface area contributed by atoms with Crippen molar-refractivity contribution < 1.29 is 23.5 Å². The van der Waals surface area contributed by atoms with Crippen LogP contribution < -0.4 is 0 Å². The number of methoxy groups -OCH3 is 1. The van der Waals surface area contributed by atoms with Crippen LogP contribution in [-0.2, 0) is 25.6 Å². The van der Waals surface area contributed by atoms with Crippen molar-refractivity contribution in [1.82, 2.24) is 9.80 Å². The van der Waals surface area contributed by atoms with Gasteiger partial charge in [0.2, 0.25) is 5.91 Å². The molecule has 3 heterocycles. The number of rotatable bonds is 8. The predicted octanol–water partition coefficient (Wildman–Crippen LogP) is 1.53. The van der Waals surface area contributed by atoms with Crippen LogP contribution in [0.4, 0.5) is 0 Å². The SMILES string of the molecule is COCCN1CC(C(=O)OCC2CCN(Cc3ccco3)CC2)CC1=O. The maximum absolute atomic E-state index is 12.3. The first-order valence-electron chi connectivity index (χ1n) is 9.33. The van der Waals surface area contributed by atoms with Crippen molar-refractivity contribution in [2.24, 2.45) is 11.8 Å². The summed E-state index contributed by atoms with van der Waals surface area (Å²) in [5, 5.41) is 0. The first kappa shape index (κ1) is 18.9. The molecule has 0 saturated carbocycles. The van der Waals surface area contributed by atoms with Crippen molar-refractivity contribution in [3.05, 3.63) is 24.2 Å². The Hall–Kier alpha value is -1.86. The monoisotopic (exact) mass is 364 g/mol. The lowest BCUT2D eigenvalue weighted by Crippen LogP contribution is -2.35. The number of likely N-dealkylation sites (tertiary alicyclic amines) is 2. The molecule has 0 spiro atoms. The second-order valence-corrected chi connectivity index (χ2v) is 7.16. The molecule has 0 aromatic carbocycles. The number of amides is 1. The Morgan fingerprint density at radius 3 is 2.85 bits per heavy atom. The summed E-state index contributed by atoms with van der Waals surface area (Å²) in [6.45, 7) is 4.72. The van der Waals surface area contributed by atoms with Crippen LogP contribution in [0.3, 0.4) is 0 Å². The van der Waals surface area contributed by atoms with Crippen LogP contribution in [-0.4, -0.2) is 68.2 Å². The number of piperidine rings is 1. The molecule has 26 heavy (non-hydrogen) atoms. The first-order chi connectivity index (χ1) is 12.7. The smallest absolute Gasteiger partial charge is 0.311 e. The number of esters is 1. The Bertz CT molecular complexity index is 581. The van der Waals surface area contributed by atoms with Gasteiger partial charge in [0.05, 0.1) is 31.9 Å². The van der Waals surface area contributed by atoms with Gasteiger partial charge in [0.25, 0.3) is 0 Å². The maximum atomic E-state index is 12.3. The number of carbonyl (C=O) groups excluding carboxylic acids is 2. The van der Waals surface area contributed by atoms with E-state index in [1.807, 2.05) is 12.1 Å². The van der Waals surface area contributed by atoms with E-state index >= 15 is 0 Å². The lowest BCUT2D eigenvalue weighted by atomic mass is 9.97. The van der Waals surface area contributed by atoms with Crippen LogP contribution in [0, 0.1) is 11.8 Å². The molecule has 2 saturated heterocycles. The summed E-state index contributed by atoms with van der Waals surface area (Å²) in [7, 11) is 1.60. The van der Waals surface area contributed by atoms with Gasteiger partial charge < -0.3 is 18.8 Å². The third-order valence-electron chi connectivity index (χ3n) is 5.24. The molecule has 2 aliphatic rings. The van der Waals surface area contributed by atoms with E-state index in [2.05, 4.69) is 4.90 Å². The molecule has 0 radical (unpaired) electrons. The van der Waals surface area contributed by atoms with Crippen molar-refractivity contribution in [1.29, 1.82) is 0 Å². The van der Waals surface area contributed by atoms with Crippen molar-refractivity contribution in [2.45, 2.75) is 25.8 Å². The average molecular weight is 364 g/mol. The fourth-order valence-electron chi connectivity index (χ4n) is 3.60. The first-order valence-corrected chi connectivity index (χ1v) is 9.33. The molecule has 1 atom stereocenters. The molecule has 3 rings (SSSR count). The molecule has 2 aliphatic heterocycles. The Kier molecular flexibility index (Phi) is 6.68. The Morgan fingerprint density at radius 2 is 2.15 bits per heavy atom. The van der Waals surface area contributed by atoms with Crippen LogP contribution in [0.2, 0.25) is 0 Å². The standard InChI is InChI=1S/C19H28N2O5/c1-24-10-8-21-12-16(11-18(21)22)19(23)26-14-15-4-6-20(7-5-15)13-17-3-2-9-25-17/h2-3,9,15-16H,4-8,10-14H2,1H3. The molecule has 144 valence electrons. The lowest BCUT2D eigenvalue weighted by molar-refractivity contribution is -0.150. The molecule has 1 unspecified atom stereocenters. The van der Waals surface area contributed by atoms with Gasteiger partial charge in [-0.3, -0.25) is 14.5 Å². The summed E-state index contributed by atoms with van der Waals surface area (Å²) >= 11 is 0. The van der Waals surface area contributed by atoms with Gasteiger partial charge in [-0.1, -0.05) is 0 Å². The van der Waals surface area contributed by atoms with E-state index < -0.39 is 0 Å². The Labute approximate surface area is 154 Å². The van der Waals surface area contributed by atoms with E-state index in [1.54, 1.807) is 18.3 Å². The van der Waals surface area contributed by atoms with Gasteiger partial charge in [-0.2, -0.15) is 0 Å². The molecular formula is C19H28N2O5. The van der Waals surface area contributed by atoms with E-state index in [1.165, 1.54) is 0 Å². The Balaban J connectivity index is 1.34. The van der Waals surface area contributed by atoms with Crippen molar-refractivity contribution in [2.75, 3.05) is 46.5 Å². The van der Waals surface area contributed by atoms with Crippen molar-refractivity contribution >= 4 is 11.9 Å². The predicted molar refractivity (Wildman–Crippen MR) is 94.2 cm³/mol. The number of hydrogen-bond acceptors (Lipinski definition) is 6. The number of nitrogens with zero attached hydrogens (tertiary/aromatic N) is 2. The molecule has 7 nitrogen and oxygen atoms in total. The van der Waals surface area contributed by atoms with Crippen LogP contribution in [0.5, 0.6) is 0 Å². The van der Waals surface area contributed by atoms with Crippen LogP contribution in [0.25, 0.3) is 0 Å². The van der Waals surface area contributed by atoms with Gasteiger partial charge in [0, 0.05) is 26.6 Å². The minimum atomic E-state index is -0.335. The number of carbonyl (C=O) groups is 2. The number of hydrogen-bond donors (Lipinski definition) is 0. The minimum Gasteiger partial charge on any atom is -0.468 e. The molecular weight excluding hydrogens is 336 g/mol. The summed E-state index contributed by atoms with van der Waals surface area (Å²) in [5.74, 6) is 0.817. The van der Waals surface area contributed by atoms with Crippen molar-refractivity contribution in [3.63, 3.8) is 0 Å². The summed E-state index contributed by atoms with van der Waals surface area (Å²) in [5.41, 5.74) is 0. The van der Waals surface area contributed by atoms with E-state index in [4.69, 9.17) is 13.9 Å². The molecule has 1 amide bonds. The number of furan rings is 1. The quantitative estimate of drug-likeness (QED) is 0.652. The second-order valence-electron chi connectivity index (χ2n) is 7.16. The topological polar surface area (TPSA) is 72.2 Å². The highest BCUT2D eigenvalue weighted by molar-refractivity contribution is 5.86. The zero-order valence-electron chi connectivity index (χ0n) is 15.4. The molecule has 0 aliphatic carbocycles. The normalized spacial score (nSPS) is 22.1. The number of ether oxygens (including phenoxy) is 2. The lowest BCUT2D eigenvalue weighted by Gasteiger charge is -2.31. The highest BCUT2D eigenvalue weighted by Gasteiger charge is 2.35. The average Bonchev–Trinajstić information content (AvgIpc) is 3.29. The van der Waals surface area contributed by atoms with E-state index in [0.29, 0.717) is 32.2 Å². The second kappa shape index (κ2) is 9.19. The van der Waals surface area contributed by atoms with Gasteiger partial charge in [0.1, 0.15) is 5.76 Å². The van der Waals surface area contributed by atoms with E-state index in [-0.39, 0.29) is 24.2 Å². The van der Waals surface area contributed by atoms with E-state index in [0.717, 1.165) is 38.2 Å². The highest BCUT2D eigenvalue weighted by atomic mass is 16.5. The summed E-state index contributed by atoms with van der Waals surface area (Å²) in [6.07, 6.45) is 3.98. The van der Waals surface area contributed by atoms with Crippen LogP contribution in [0.15, 0.2) is 22.8 Å². The molecule has 7 heteroatoms. The third kappa shape index (κ3) is 5.08. The van der Waals surface area contributed by atoms with Crippen LogP contribution in [0.1, 0.15) is 25.0 Å². The largest absolute Gasteiger partial charge is 0.468 e. The van der Waals surface area contributed by atoms with Gasteiger partial charge in [-0.05, 0) is 44.0 Å². The van der Waals surface area contributed by atoms with Crippen LogP contribution >= 0.6 is 0 Å². The summed E-state index contributed by atoms with van der Waals surface area (Å²) < 4.78 is 15.9. The fraction of sp³-hybridized carbons (Fsp3) is 0.684. The molecule has 1 aromatic heterocycles. The molecule has 0 bridgehead atoms. The molecule has 2 fully saturated rings. The summed E-state index contributed by atoms with van der Waals surface area (Å²) in [6, 6.07) is 3.90. The van der Waals surface area contributed by atoms with Gasteiger partial charge >= 0.3 is 5.97 Å². The molecule has 1 aromatic rings. The third-order valence-corrected chi connectivity index (χ3v) is 5.24.